The van der Waals surface area contributed by atoms with Crippen molar-refractivity contribution in [2.75, 3.05) is 18.1 Å². The summed E-state index contributed by atoms with van der Waals surface area (Å²) in [4.78, 5) is 29.2. The number of fused-ring (bicyclic) bond motifs is 2. The fraction of sp³-hybridized carbons (Fsp3) is 0.400. The van der Waals surface area contributed by atoms with E-state index in [2.05, 4.69) is 50.3 Å². The van der Waals surface area contributed by atoms with Gasteiger partial charge in [-0.05, 0) is 37.8 Å². The van der Waals surface area contributed by atoms with E-state index < -0.39 is 0 Å². The van der Waals surface area contributed by atoms with Gasteiger partial charge in [-0.1, -0.05) is 29.5 Å². The maximum Gasteiger partial charge on any atom is 0.280 e. The van der Waals surface area contributed by atoms with Crippen LogP contribution in [0.1, 0.15) is 35.1 Å². The summed E-state index contributed by atoms with van der Waals surface area (Å²) in [5.41, 5.74) is 3.14. The molecule has 1 aromatic carbocycles. The van der Waals surface area contributed by atoms with E-state index in [9.17, 15) is 4.79 Å². The Balaban J connectivity index is 0.00000205. The monoisotopic (exact) mass is 429 g/mol. The molecule has 0 unspecified atom stereocenters. The topological polar surface area (TPSA) is 80.2 Å². The van der Waals surface area contributed by atoms with E-state index >= 15 is 0 Å². The molecule has 7 nitrogen and oxygen atoms in total. The highest BCUT2D eigenvalue weighted by Gasteiger charge is 2.30. The Bertz CT molecular complexity index is 1030. The Hall–Kier alpha value is -2.23. The molecule has 0 saturated carbocycles. The molecule has 1 amide bonds. The summed E-state index contributed by atoms with van der Waals surface area (Å²) in [5, 5.41) is 3.51. The van der Waals surface area contributed by atoms with Crippen LogP contribution in [-0.2, 0) is 11.2 Å². The van der Waals surface area contributed by atoms with Crippen LogP contribution in [0.25, 0.3) is 10.3 Å². The van der Waals surface area contributed by atoms with Crippen molar-refractivity contribution in [3.63, 3.8) is 0 Å². The first-order chi connectivity index (χ1) is 13.7. The molecule has 2 aliphatic heterocycles. The van der Waals surface area contributed by atoms with Gasteiger partial charge in [0.25, 0.3) is 5.91 Å². The lowest BCUT2D eigenvalue weighted by Gasteiger charge is -2.23. The number of nitrogens with one attached hydrogen (secondary N) is 1. The molecular formula is C20H23N5O2S2. The lowest BCUT2D eigenvalue weighted by atomic mass is 10.1. The minimum Gasteiger partial charge on any atom is -0.381 e. The number of nitrogens with zero attached hydrogens (tertiary/aromatic N) is 4. The molecule has 1 fully saturated rings. The number of thiazole rings is 1. The lowest BCUT2D eigenvalue weighted by molar-refractivity contribution is 0.0696. The minimum absolute atomic E-state index is 0. The van der Waals surface area contributed by atoms with Gasteiger partial charge < -0.3 is 15.0 Å². The third-order valence-electron chi connectivity index (χ3n) is 5.36. The van der Waals surface area contributed by atoms with Gasteiger partial charge in [-0.25, -0.2) is 15.0 Å². The number of aromatic nitrogens is 3. The average molecular weight is 430 g/mol. The molecule has 152 valence electrons. The summed E-state index contributed by atoms with van der Waals surface area (Å²) in [6.07, 6.45) is 4.19. The maximum atomic E-state index is 12.7. The predicted octanol–water partition coefficient (Wildman–Crippen LogP) is 3.19. The largest absolute Gasteiger partial charge is 0.381 e. The van der Waals surface area contributed by atoms with Gasteiger partial charge in [-0.15, -0.1) is 0 Å². The Labute approximate surface area is 180 Å². The molecule has 9 heteroatoms. The third kappa shape index (κ3) is 3.70. The first kappa shape index (κ1) is 20.1. The molecule has 29 heavy (non-hydrogen) atoms. The Morgan fingerprint density at radius 3 is 2.86 bits per heavy atom. The number of anilines is 2. The number of amides is 1. The van der Waals surface area contributed by atoms with Crippen molar-refractivity contribution < 1.29 is 9.53 Å². The van der Waals surface area contributed by atoms with E-state index in [0.717, 1.165) is 35.6 Å². The Morgan fingerprint density at radius 2 is 2.03 bits per heavy atom. The van der Waals surface area contributed by atoms with E-state index in [1.807, 2.05) is 6.07 Å². The van der Waals surface area contributed by atoms with Crippen LogP contribution in [0.5, 0.6) is 0 Å². The van der Waals surface area contributed by atoms with Gasteiger partial charge in [0.2, 0.25) is 0 Å². The van der Waals surface area contributed by atoms with Crippen LogP contribution in [0.2, 0.25) is 0 Å². The second-order valence-electron chi connectivity index (χ2n) is 7.28. The Morgan fingerprint density at radius 1 is 1.24 bits per heavy atom. The maximum absolute atomic E-state index is 12.7. The second kappa shape index (κ2) is 8.25. The standard InChI is InChI=1S/C20H21N5O2S.H2S/c1-12-10-13-4-2-3-5-15(13)25(12)17-16-19(22-11-21-17)28-20(24-16)18(26)23-14-6-8-27-9-7-14;/h2-5,11-12,14H,6-10H2,1H3,(H,23,26);1H2/t12-;/m0./s1. The number of rotatable bonds is 3. The average Bonchev–Trinajstić information content (AvgIpc) is 3.29. The lowest BCUT2D eigenvalue weighted by Crippen LogP contribution is -2.38. The fourth-order valence-electron chi connectivity index (χ4n) is 3.99. The van der Waals surface area contributed by atoms with Gasteiger partial charge >= 0.3 is 0 Å². The number of benzene rings is 1. The normalized spacial score (nSPS) is 19.1. The Kier molecular flexibility index (Phi) is 5.71. The van der Waals surface area contributed by atoms with E-state index in [-0.39, 0.29) is 31.5 Å². The number of ether oxygens (including phenoxy) is 1. The number of para-hydroxylation sites is 1. The summed E-state index contributed by atoms with van der Waals surface area (Å²) >= 11 is 1.32. The van der Waals surface area contributed by atoms with Crippen molar-refractivity contribution in [1.29, 1.82) is 0 Å². The third-order valence-corrected chi connectivity index (χ3v) is 6.32. The molecule has 4 heterocycles. The smallest absolute Gasteiger partial charge is 0.280 e. The molecule has 2 aromatic heterocycles. The van der Waals surface area contributed by atoms with Gasteiger partial charge in [0, 0.05) is 31.0 Å². The summed E-state index contributed by atoms with van der Waals surface area (Å²) in [5.74, 6) is 0.625. The SMILES string of the molecule is C[C@H]1Cc2ccccc2N1c1ncnc2sc(C(=O)NC3CCOCC3)nc12.S. The second-order valence-corrected chi connectivity index (χ2v) is 8.26. The van der Waals surface area contributed by atoms with E-state index in [1.165, 1.54) is 16.9 Å². The van der Waals surface area contributed by atoms with Gasteiger partial charge in [0.1, 0.15) is 16.7 Å². The van der Waals surface area contributed by atoms with Crippen LogP contribution in [0, 0.1) is 0 Å². The van der Waals surface area contributed by atoms with Crippen molar-refractivity contribution in [2.45, 2.75) is 38.3 Å². The number of hydrogen-bond acceptors (Lipinski definition) is 7. The van der Waals surface area contributed by atoms with Gasteiger partial charge in [0.15, 0.2) is 10.8 Å². The van der Waals surface area contributed by atoms with Gasteiger partial charge in [-0.2, -0.15) is 13.5 Å². The molecular weight excluding hydrogens is 406 g/mol. The molecule has 0 spiro atoms. The van der Waals surface area contributed by atoms with Crippen LogP contribution in [0.15, 0.2) is 30.6 Å². The summed E-state index contributed by atoms with van der Waals surface area (Å²) < 4.78 is 5.36. The minimum atomic E-state index is -0.143. The van der Waals surface area contributed by atoms with Gasteiger partial charge in [-0.3, -0.25) is 4.79 Å². The van der Waals surface area contributed by atoms with Crippen LogP contribution in [-0.4, -0.2) is 46.2 Å². The van der Waals surface area contributed by atoms with E-state index in [4.69, 9.17) is 4.74 Å². The zero-order valence-electron chi connectivity index (χ0n) is 16.1. The van der Waals surface area contributed by atoms with Gasteiger partial charge in [0.05, 0.1) is 0 Å². The number of hydrogen-bond donors (Lipinski definition) is 1. The molecule has 0 aliphatic carbocycles. The highest BCUT2D eigenvalue weighted by molar-refractivity contribution is 7.59. The molecule has 5 rings (SSSR count). The number of carbonyl (C=O) groups is 1. The molecule has 1 saturated heterocycles. The summed E-state index contributed by atoms with van der Waals surface area (Å²) in [6.45, 7) is 3.55. The predicted molar refractivity (Wildman–Crippen MR) is 119 cm³/mol. The van der Waals surface area contributed by atoms with Crippen molar-refractivity contribution >= 4 is 52.6 Å². The molecule has 1 atom stereocenters. The molecule has 0 bridgehead atoms. The quantitative estimate of drug-likeness (QED) is 0.689. The number of carbonyl (C=O) groups excluding carboxylic acids is 1. The first-order valence-electron chi connectivity index (χ1n) is 9.58. The van der Waals surface area contributed by atoms with Crippen LogP contribution in [0.3, 0.4) is 0 Å². The zero-order chi connectivity index (χ0) is 19.1. The molecule has 1 N–H and O–H groups in total. The van der Waals surface area contributed by atoms with Crippen molar-refractivity contribution in [3.05, 3.63) is 41.2 Å². The zero-order valence-corrected chi connectivity index (χ0v) is 17.9. The van der Waals surface area contributed by atoms with E-state index in [1.54, 1.807) is 6.33 Å². The van der Waals surface area contributed by atoms with Crippen molar-refractivity contribution in [2.24, 2.45) is 0 Å². The first-order valence-corrected chi connectivity index (χ1v) is 10.4. The molecule has 0 radical (unpaired) electrons. The highest BCUT2D eigenvalue weighted by atomic mass is 32.1. The van der Waals surface area contributed by atoms with Crippen molar-refractivity contribution in [1.82, 2.24) is 20.3 Å². The molecule has 3 aromatic rings. The van der Waals surface area contributed by atoms with Crippen LogP contribution < -0.4 is 10.2 Å². The summed E-state index contributed by atoms with van der Waals surface area (Å²) in [7, 11) is 0. The fourth-order valence-corrected chi connectivity index (χ4v) is 4.80. The highest BCUT2D eigenvalue weighted by Crippen LogP contribution is 2.40. The molecule has 2 aliphatic rings. The van der Waals surface area contributed by atoms with Crippen molar-refractivity contribution in [3.8, 4) is 0 Å². The van der Waals surface area contributed by atoms with E-state index in [0.29, 0.717) is 23.7 Å². The summed E-state index contributed by atoms with van der Waals surface area (Å²) in [6, 6.07) is 8.78. The van der Waals surface area contributed by atoms with Crippen LogP contribution >= 0.6 is 24.8 Å². The van der Waals surface area contributed by atoms with Crippen LogP contribution in [0.4, 0.5) is 11.5 Å².